The molecule has 0 radical (unpaired) electrons. The minimum atomic E-state index is -0.914. The summed E-state index contributed by atoms with van der Waals surface area (Å²) in [5.74, 6) is -1.55. The van der Waals surface area contributed by atoms with E-state index in [1.54, 1.807) is 6.92 Å². The number of esters is 1. The first kappa shape index (κ1) is 23.4. The third kappa shape index (κ3) is 7.80. The van der Waals surface area contributed by atoms with Crippen LogP contribution < -0.4 is 5.32 Å². The highest BCUT2D eigenvalue weighted by atomic mass is 32.1. The highest BCUT2D eigenvalue weighted by Crippen LogP contribution is 2.37. The van der Waals surface area contributed by atoms with Gasteiger partial charge >= 0.3 is 11.9 Å². The summed E-state index contributed by atoms with van der Waals surface area (Å²) in [7, 11) is 0. The summed E-state index contributed by atoms with van der Waals surface area (Å²) < 4.78 is 5.30. The summed E-state index contributed by atoms with van der Waals surface area (Å²) in [5.41, 5.74) is 1.55. The molecule has 1 aliphatic carbocycles. The third-order valence-electron chi connectivity index (χ3n) is 5.20. The van der Waals surface area contributed by atoms with Crippen LogP contribution in [0.5, 0.6) is 0 Å². The fraction of sp³-hybridized carbons (Fsp3) is 0.682. The summed E-state index contributed by atoms with van der Waals surface area (Å²) in [6.07, 6.45) is 11.6. The molecule has 1 aromatic rings. The fourth-order valence-corrected chi connectivity index (χ4v) is 5.02. The topological polar surface area (TPSA) is 92.7 Å². The second-order valence-electron chi connectivity index (χ2n) is 7.55. The van der Waals surface area contributed by atoms with Crippen LogP contribution in [0, 0.1) is 0 Å². The van der Waals surface area contributed by atoms with Gasteiger partial charge < -0.3 is 15.2 Å². The number of anilines is 1. The molecule has 0 atom stereocenters. The van der Waals surface area contributed by atoms with Crippen LogP contribution >= 0.6 is 11.3 Å². The van der Waals surface area contributed by atoms with Crippen molar-refractivity contribution in [3.8, 4) is 0 Å². The zero-order chi connectivity index (χ0) is 21.1. The Labute approximate surface area is 177 Å². The third-order valence-corrected chi connectivity index (χ3v) is 6.41. The lowest BCUT2D eigenvalue weighted by atomic mass is 9.97. The number of fused-ring (bicyclic) bond motifs is 1. The van der Waals surface area contributed by atoms with Crippen LogP contribution in [-0.4, -0.2) is 29.6 Å². The number of rotatable bonds is 7. The number of aliphatic carboxylic acids is 1. The molecule has 6 nitrogen and oxygen atoms in total. The first-order valence-corrected chi connectivity index (χ1v) is 11.7. The molecule has 1 amide bonds. The van der Waals surface area contributed by atoms with Crippen LogP contribution in [0.2, 0.25) is 0 Å². The number of nitrogens with one attached hydrogen (secondary N) is 1. The average Bonchev–Trinajstić information content (AvgIpc) is 2.98. The summed E-state index contributed by atoms with van der Waals surface area (Å²) in [5, 5.41) is 12.2. The maximum Gasteiger partial charge on any atom is 0.341 e. The van der Waals surface area contributed by atoms with Crippen LogP contribution in [0.1, 0.15) is 98.4 Å². The molecule has 0 aromatic carbocycles. The van der Waals surface area contributed by atoms with E-state index in [-0.39, 0.29) is 37.7 Å². The van der Waals surface area contributed by atoms with Crippen LogP contribution in [0.4, 0.5) is 5.00 Å². The Balaban J connectivity index is 2.23. The van der Waals surface area contributed by atoms with Crippen molar-refractivity contribution in [3.05, 3.63) is 16.0 Å². The molecule has 0 spiro atoms. The number of hydrogen-bond donors (Lipinski definition) is 2. The first-order chi connectivity index (χ1) is 14.0. The standard InChI is InChI=1S/C22H33NO5S/c1-2-28-22(27)20-16-12-9-7-5-3-4-6-8-10-13-17(16)29-21(20)23-18(24)14-11-15-19(25)26/h2-15H2,1H3,(H,23,24)(H,25,26). The van der Waals surface area contributed by atoms with Gasteiger partial charge in [-0.3, -0.25) is 9.59 Å². The molecule has 2 N–H and O–H groups in total. The molecule has 29 heavy (non-hydrogen) atoms. The quantitative estimate of drug-likeness (QED) is 0.578. The Hall–Kier alpha value is -1.89. The van der Waals surface area contributed by atoms with Gasteiger partial charge in [0.15, 0.2) is 0 Å². The van der Waals surface area contributed by atoms with Crippen LogP contribution in [-0.2, 0) is 27.2 Å². The highest BCUT2D eigenvalue weighted by Gasteiger charge is 2.25. The number of carbonyl (C=O) groups is 3. The summed E-state index contributed by atoms with van der Waals surface area (Å²) in [6.45, 7) is 2.07. The van der Waals surface area contributed by atoms with Crippen LogP contribution in [0.3, 0.4) is 0 Å². The normalized spacial score (nSPS) is 15.5. The number of ether oxygens (including phenoxy) is 1. The number of amides is 1. The lowest BCUT2D eigenvalue weighted by Crippen LogP contribution is -2.15. The SMILES string of the molecule is CCOC(=O)c1c(NC(=O)CCCC(=O)O)sc2c1CCCCCCCCCC2. The van der Waals surface area contributed by atoms with Crippen molar-refractivity contribution in [1.29, 1.82) is 0 Å². The minimum Gasteiger partial charge on any atom is -0.481 e. The molecule has 2 rings (SSSR count). The van der Waals surface area contributed by atoms with Gasteiger partial charge in [-0.1, -0.05) is 38.5 Å². The second kappa shape index (κ2) is 12.6. The molecule has 0 fully saturated rings. The zero-order valence-corrected chi connectivity index (χ0v) is 18.2. The van der Waals surface area contributed by atoms with Gasteiger partial charge in [-0.05, 0) is 44.6 Å². The van der Waals surface area contributed by atoms with Gasteiger partial charge in [-0.15, -0.1) is 11.3 Å². The number of carboxylic acid groups (broad SMARTS) is 1. The van der Waals surface area contributed by atoms with Crippen LogP contribution in [0.25, 0.3) is 0 Å². The predicted molar refractivity (Wildman–Crippen MR) is 115 cm³/mol. The predicted octanol–water partition coefficient (Wildman–Crippen LogP) is 5.34. The Morgan fingerprint density at radius 2 is 1.59 bits per heavy atom. The monoisotopic (exact) mass is 423 g/mol. The van der Waals surface area contributed by atoms with Gasteiger partial charge in [0.2, 0.25) is 5.91 Å². The van der Waals surface area contributed by atoms with Crippen molar-refractivity contribution in [2.45, 2.75) is 90.4 Å². The molecule has 0 saturated carbocycles. The number of hydrogen-bond acceptors (Lipinski definition) is 5. The molecule has 1 aliphatic rings. The van der Waals surface area contributed by atoms with Gasteiger partial charge in [0.05, 0.1) is 12.2 Å². The number of carboxylic acids is 1. The molecule has 1 heterocycles. The minimum absolute atomic E-state index is 0.0426. The Morgan fingerprint density at radius 1 is 0.966 bits per heavy atom. The maximum absolute atomic E-state index is 12.7. The van der Waals surface area contributed by atoms with Gasteiger partial charge in [0.25, 0.3) is 0 Å². The zero-order valence-electron chi connectivity index (χ0n) is 17.4. The summed E-state index contributed by atoms with van der Waals surface area (Å²) in [6, 6.07) is 0. The maximum atomic E-state index is 12.7. The van der Waals surface area contributed by atoms with Gasteiger partial charge in [-0.2, -0.15) is 0 Å². The molecule has 0 aliphatic heterocycles. The van der Waals surface area contributed by atoms with E-state index < -0.39 is 5.97 Å². The van der Waals surface area contributed by atoms with Crippen molar-refractivity contribution in [3.63, 3.8) is 0 Å². The van der Waals surface area contributed by atoms with E-state index in [9.17, 15) is 14.4 Å². The number of carbonyl (C=O) groups excluding carboxylic acids is 2. The Kier molecular flexibility index (Phi) is 10.2. The second-order valence-corrected chi connectivity index (χ2v) is 8.66. The highest BCUT2D eigenvalue weighted by molar-refractivity contribution is 7.17. The molecule has 7 heteroatoms. The molecule has 0 saturated heterocycles. The van der Waals surface area contributed by atoms with Crippen molar-refractivity contribution in [1.82, 2.24) is 0 Å². The molecule has 162 valence electrons. The van der Waals surface area contributed by atoms with E-state index in [1.807, 2.05) is 0 Å². The van der Waals surface area contributed by atoms with E-state index in [1.165, 1.54) is 48.3 Å². The number of thiophene rings is 1. The van der Waals surface area contributed by atoms with E-state index in [2.05, 4.69) is 5.32 Å². The molecule has 0 unspecified atom stereocenters. The van der Waals surface area contributed by atoms with Gasteiger partial charge in [0, 0.05) is 17.7 Å². The largest absolute Gasteiger partial charge is 0.481 e. The molecule has 1 aromatic heterocycles. The van der Waals surface area contributed by atoms with Crippen molar-refractivity contribution in [2.24, 2.45) is 0 Å². The van der Waals surface area contributed by atoms with Crippen LogP contribution in [0.15, 0.2) is 0 Å². The number of aryl methyl sites for hydroxylation is 1. The average molecular weight is 424 g/mol. The van der Waals surface area contributed by atoms with E-state index in [0.717, 1.165) is 37.7 Å². The smallest absolute Gasteiger partial charge is 0.341 e. The van der Waals surface area contributed by atoms with E-state index in [0.29, 0.717) is 10.6 Å². The molecule has 0 bridgehead atoms. The van der Waals surface area contributed by atoms with Crippen molar-refractivity contribution in [2.75, 3.05) is 11.9 Å². The lowest BCUT2D eigenvalue weighted by Gasteiger charge is -2.10. The van der Waals surface area contributed by atoms with E-state index in [4.69, 9.17) is 9.84 Å². The molecular formula is C22H33NO5S. The van der Waals surface area contributed by atoms with E-state index >= 15 is 0 Å². The first-order valence-electron chi connectivity index (χ1n) is 10.9. The Morgan fingerprint density at radius 3 is 2.21 bits per heavy atom. The summed E-state index contributed by atoms with van der Waals surface area (Å²) >= 11 is 1.49. The molecular weight excluding hydrogens is 390 g/mol. The van der Waals surface area contributed by atoms with Gasteiger partial charge in [0.1, 0.15) is 5.00 Å². The lowest BCUT2D eigenvalue weighted by molar-refractivity contribution is -0.137. The van der Waals surface area contributed by atoms with Crippen molar-refractivity contribution >= 4 is 34.2 Å². The Bertz CT molecular complexity index is 698. The summed E-state index contributed by atoms with van der Waals surface area (Å²) in [4.78, 5) is 36.9. The fourth-order valence-electron chi connectivity index (χ4n) is 3.72. The van der Waals surface area contributed by atoms with Gasteiger partial charge in [-0.25, -0.2) is 4.79 Å². The van der Waals surface area contributed by atoms with Crippen molar-refractivity contribution < 1.29 is 24.2 Å².